The minimum atomic E-state index is -1.26. The van der Waals surface area contributed by atoms with Crippen molar-refractivity contribution >= 4 is 23.5 Å². The van der Waals surface area contributed by atoms with Gasteiger partial charge >= 0.3 is 11.9 Å². The summed E-state index contributed by atoms with van der Waals surface area (Å²) in [5, 5.41) is 0. The van der Waals surface area contributed by atoms with Gasteiger partial charge in [-0.2, -0.15) is 0 Å². The zero-order valence-corrected chi connectivity index (χ0v) is 15.0. The van der Waals surface area contributed by atoms with E-state index in [1.54, 1.807) is 44.2 Å². The SMILES string of the molecule is CCOC(=O)[C@@H](C(C)=O)C(c1ccccc1)[C@@H](C(C)=O)C(=O)OCC. The summed E-state index contributed by atoms with van der Waals surface area (Å²) < 4.78 is 10.0. The first kappa shape index (κ1) is 20.5. The van der Waals surface area contributed by atoms with Crippen molar-refractivity contribution in [3.05, 3.63) is 35.9 Å². The molecule has 1 rings (SSSR count). The first-order valence-electron chi connectivity index (χ1n) is 8.24. The van der Waals surface area contributed by atoms with Crippen LogP contribution in [0.5, 0.6) is 0 Å². The number of ether oxygens (including phenoxy) is 2. The summed E-state index contributed by atoms with van der Waals surface area (Å²) >= 11 is 0. The number of carbonyl (C=O) groups is 4. The van der Waals surface area contributed by atoms with Gasteiger partial charge in [-0.25, -0.2) is 0 Å². The van der Waals surface area contributed by atoms with E-state index in [9.17, 15) is 19.2 Å². The number of benzene rings is 1. The van der Waals surface area contributed by atoms with Crippen LogP contribution in [0.15, 0.2) is 30.3 Å². The summed E-state index contributed by atoms with van der Waals surface area (Å²) in [5.74, 6) is -5.94. The summed E-state index contributed by atoms with van der Waals surface area (Å²) in [6.07, 6.45) is 0. The highest BCUT2D eigenvalue weighted by molar-refractivity contribution is 6.04. The highest BCUT2D eigenvalue weighted by Crippen LogP contribution is 2.35. The molecular weight excluding hydrogens is 324 g/mol. The maximum Gasteiger partial charge on any atom is 0.317 e. The fraction of sp³-hybridized carbons (Fsp3) is 0.474. The highest BCUT2D eigenvalue weighted by atomic mass is 16.5. The predicted octanol–water partition coefficient (Wildman–Crippen LogP) is 2.31. The smallest absolute Gasteiger partial charge is 0.317 e. The molecule has 0 saturated carbocycles. The number of ketones is 2. The van der Waals surface area contributed by atoms with Gasteiger partial charge < -0.3 is 9.47 Å². The van der Waals surface area contributed by atoms with Gasteiger partial charge in [-0.3, -0.25) is 19.2 Å². The summed E-state index contributed by atoms with van der Waals surface area (Å²) in [4.78, 5) is 49.2. The molecule has 0 radical (unpaired) electrons. The van der Waals surface area contributed by atoms with Crippen LogP contribution in [0.3, 0.4) is 0 Å². The Balaban J connectivity index is 3.50. The van der Waals surface area contributed by atoms with Crippen molar-refractivity contribution < 1.29 is 28.7 Å². The van der Waals surface area contributed by atoms with E-state index in [0.29, 0.717) is 5.56 Å². The predicted molar refractivity (Wildman–Crippen MR) is 90.8 cm³/mol. The maximum atomic E-state index is 12.4. The zero-order chi connectivity index (χ0) is 19.0. The van der Waals surface area contributed by atoms with Gasteiger partial charge in [0.05, 0.1) is 13.2 Å². The van der Waals surface area contributed by atoms with E-state index in [0.717, 1.165) is 0 Å². The fourth-order valence-corrected chi connectivity index (χ4v) is 2.85. The van der Waals surface area contributed by atoms with Gasteiger partial charge in [0.1, 0.15) is 23.4 Å². The lowest BCUT2D eigenvalue weighted by molar-refractivity contribution is -0.157. The summed E-state index contributed by atoms with van der Waals surface area (Å²) in [6.45, 7) is 5.93. The molecule has 1 aromatic rings. The largest absolute Gasteiger partial charge is 0.465 e. The Morgan fingerprint density at radius 2 is 1.20 bits per heavy atom. The average Bonchev–Trinajstić information content (AvgIpc) is 2.54. The quantitative estimate of drug-likeness (QED) is 0.503. The average molecular weight is 348 g/mol. The Kier molecular flexibility index (Phi) is 7.98. The first-order valence-corrected chi connectivity index (χ1v) is 8.24. The second-order valence-electron chi connectivity index (χ2n) is 5.62. The van der Waals surface area contributed by atoms with E-state index in [2.05, 4.69) is 0 Å². The normalized spacial score (nSPS) is 14.1. The fourth-order valence-electron chi connectivity index (χ4n) is 2.85. The molecule has 0 fully saturated rings. The standard InChI is InChI=1S/C19H24O6/c1-5-24-18(22)15(12(3)20)17(14-10-8-7-9-11-14)16(13(4)21)19(23)25-6-2/h7-11,15-17H,5-6H2,1-4H3/t15-,16+,17?. The van der Waals surface area contributed by atoms with Crippen molar-refractivity contribution in [2.24, 2.45) is 11.8 Å². The van der Waals surface area contributed by atoms with Crippen molar-refractivity contribution in [3.8, 4) is 0 Å². The lowest BCUT2D eigenvalue weighted by atomic mass is 9.73. The Morgan fingerprint density at radius 3 is 1.52 bits per heavy atom. The molecule has 6 nitrogen and oxygen atoms in total. The van der Waals surface area contributed by atoms with Gasteiger partial charge in [0.25, 0.3) is 0 Å². The van der Waals surface area contributed by atoms with E-state index in [1.807, 2.05) is 0 Å². The molecule has 3 atom stereocenters. The Hall–Kier alpha value is -2.50. The molecule has 0 heterocycles. The number of hydrogen-bond acceptors (Lipinski definition) is 6. The zero-order valence-electron chi connectivity index (χ0n) is 15.0. The van der Waals surface area contributed by atoms with Crippen LogP contribution in [-0.2, 0) is 28.7 Å². The minimum Gasteiger partial charge on any atom is -0.465 e. The molecule has 1 unspecified atom stereocenters. The molecule has 136 valence electrons. The Morgan fingerprint density at radius 1 is 0.800 bits per heavy atom. The van der Waals surface area contributed by atoms with Crippen molar-refractivity contribution in [1.82, 2.24) is 0 Å². The third-order valence-electron chi connectivity index (χ3n) is 3.86. The first-order chi connectivity index (χ1) is 11.8. The molecule has 0 N–H and O–H groups in total. The number of Topliss-reactive ketones (excluding diaryl/α,β-unsaturated/α-hetero) is 2. The van der Waals surface area contributed by atoms with Gasteiger partial charge in [0.2, 0.25) is 0 Å². The van der Waals surface area contributed by atoms with Crippen LogP contribution in [0, 0.1) is 11.8 Å². The molecule has 0 aliphatic carbocycles. The van der Waals surface area contributed by atoms with Crippen LogP contribution in [0.2, 0.25) is 0 Å². The molecule has 0 aliphatic rings. The number of rotatable bonds is 9. The van der Waals surface area contributed by atoms with Crippen LogP contribution in [0.1, 0.15) is 39.2 Å². The topological polar surface area (TPSA) is 86.7 Å². The second-order valence-corrected chi connectivity index (χ2v) is 5.62. The van der Waals surface area contributed by atoms with Crippen molar-refractivity contribution in [3.63, 3.8) is 0 Å². The van der Waals surface area contributed by atoms with Crippen LogP contribution in [0.4, 0.5) is 0 Å². The summed E-state index contributed by atoms with van der Waals surface area (Å²) in [6, 6.07) is 8.55. The van der Waals surface area contributed by atoms with Gasteiger partial charge in [0.15, 0.2) is 0 Å². The summed E-state index contributed by atoms with van der Waals surface area (Å²) in [7, 11) is 0. The molecule has 1 aromatic carbocycles. The van der Waals surface area contributed by atoms with Crippen LogP contribution in [0.25, 0.3) is 0 Å². The Labute approximate surface area is 147 Å². The van der Waals surface area contributed by atoms with Gasteiger partial charge in [0, 0.05) is 5.92 Å². The van der Waals surface area contributed by atoms with Crippen molar-refractivity contribution in [2.45, 2.75) is 33.6 Å². The van der Waals surface area contributed by atoms with E-state index >= 15 is 0 Å². The molecule has 6 heteroatoms. The van der Waals surface area contributed by atoms with E-state index < -0.39 is 41.3 Å². The lowest BCUT2D eigenvalue weighted by Crippen LogP contribution is -2.40. The van der Waals surface area contributed by atoms with Gasteiger partial charge in [-0.05, 0) is 33.3 Å². The van der Waals surface area contributed by atoms with E-state index in [-0.39, 0.29) is 13.2 Å². The number of carbonyl (C=O) groups excluding carboxylic acids is 4. The number of hydrogen-bond donors (Lipinski definition) is 0. The molecular formula is C19H24O6. The van der Waals surface area contributed by atoms with Gasteiger partial charge in [-0.1, -0.05) is 30.3 Å². The van der Waals surface area contributed by atoms with Crippen LogP contribution < -0.4 is 0 Å². The third kappa shape index (κ3) is 5.24. The monoisotopic (exact) mass is 348 g/mol. The van der Waals surface area contributed by atoms with Crippen molar-refractivity contribution in [2.75, 3.05) is 13.2 Å². The molecule has 0 amide bonds. The molecule has 0 bridgehead atoms. The second kappa shape index (κ2) is 9.71. The van der Waals surface area contributed by atoms with Crippen LogP contribution in [-0.4, -0.2) is 36.7 Å². The minimum absolute atomic E-state index is 0.0915. The molecule has 0 spiro atoms. The molecule has 25 heavy (non-hydrogen) atoms. The maximum absolute atomic E-state index is 12.4. The molecule has 0 saturated heterocycles. The van der Waals surface area contributed by atoms with E-state index in [1.165, 1.54) is 13.8 Å². The lowest BCUT2D eigenvalue weighted by Gasteiger charge is -2.29. The number of esters is 2. The Bertz CT molecular complexity index is 586. The highest BCUT2D eigenvalue weighted by Gasteiger charge is 2.45. The summed E-state index contributed by atoms with van der Waals surface area (Å²) in [5.41, 5.74) is 0.531. The van der Waals surface area contributed by atoms with E-state index in [4.69, 9.17) is 9.47 Å². The molecule has 0 aliphatic heterocycles. The molecule has 0 aromatic heterocycles. The third-order valence-corrected chi connectivity index (χ3v) is 3.86. The van der Waals surface area contributed by atoms with Crippen LogP contribution >= 0.6 is 0 Å². The van der Waals surface area contributed by atoms with Crippen molar-refractivity contribution in [1.29, 1.82) is 0 Å². The van der Waals surface area contributed by atoms with Gasteiger partial charge in [-0.15, -0.1) is 0 Å².